The van der Waals surface area contributed by atoms with Crippen LogP contribution in [0.15, 0.2) is 22.7 Å². The highest BCUT2D eigenvalue weighted by Gasteiger charge is 2.24. The third-order valence-corrected chi connectivity index (χ3v) is 5.22. The lowest BCUT2D eigenvalue weighted by molar-refractivity contribution is 0.323. The molecule has 3 heteroatoms. The van der Waals surface area contributed by atoms with Gasteiger partial charge in [0.05, 0.1) is 0 Å². The summed E-state index contributed by atoms with van der Waals surface area (Å²) in [6.07, 6.45) is 3.29. The summed E-state index contributed by atoms with van der Waals surface area (Å²) in [6, 6.07) is 6.89. The van der Waals surface area contributed by atoms with Crippen molar-refractivity contribution < 1.29 is 0 Å². The van der Waals surface area contributed by atoms with Crippen LogP contribution < -0.4 is 10.6 Å². The maximum atomic E-state index is 6.16. The minimum atomic E-state index is 0.260. The maximum Gasteiger partial charge on any atom is 0.0410 e. The minimum Gasteiger partial charge on any atom is -0.371 e. The fraction of sp³-hybridized carbons (Fsp3) is 0.647. The van der Waals surface area contributed by atoms with Crippen LogP contribution in [-0.2, 0) is 6.42 Å². The molecule has 1 saturated heterocycles. The van der Waals surface area contributed by atoms with Crippen LogP contribution in [0, 0.1) is 11.8 Å². The summed E-state index contributed by atoms with van der Waals surface area (Å²) in [5, 5.41) is 0. The fourth-order valence-electron chi connectivity index (χ4n) is 2.91. The first-order valence-corrected chi connectivity index (χ1v) is 8.59. The molecule has 2 N–H and O–H groups in total. The number of piperidine rings is 1. The number of nitrogens with two attached hydrogens (primary N) is 1. The van der Waals surface area contributed by atoms with Crippen LogP contribution in [0.1, 0.15) is 39.2 Å². The normalized spacial score (nSPS) is 24.8. The van der Waals surface area contributed by atoms with E-state index in [2.05, 4.69) is 59.8 Å². The number of hydrogen-bond acceptors (Lipinski definition) is 2. The lowest BCUT2D eigenvalue weighted by atomic mass is 9.88. The first-order chi connectivity index (χ1) is 9.51. The number of nitrogens with zero attached hydrogens (tertiary/aromatic N) is 1. The third-order valence-electron chi connectivity index (χ3n) is 4.73. The Hall–Kier alpha value is -0.540. The highest BCUT2D eigenvalue weighted by atomic mass is 79.9. The fourth-order valence-corrected chi connectivity index (χ4v) is 3.26. The summed E-state index contributed by atoms with van der Waals surface area (Å²) in [5.74, 6) is 1.59. The van der Waals surface area contributed by atoms with Gasteiger partial charge >= 0.3 is 0 Å². The van der Waals surface area contributed by atoms with E-state index in [1.165, 1.54) is 17.7 Å². The van der Waals surface area contributed by atoms with E-state index >= 15 is 0 Å². The van der Waals surface area contributed by atoms with Crippen molar-refractivity contribution >= 4 is 21.6 Å². The molecule has 1 heterocycles. The molecule has 0 spiro atoms. The van der Waals surface area contributed by atoms with E-state index < -0.39 is 0 Å². The van der Waals surface area contributed by atoms with E-state index in [-0.39, 0.29) is 6.04 Å². The molecule has 1 fully saturated rings. The topological polar surface area (TPSA) is 29.3 Å². The summed E-state index contributed by atoms with van der Waals surface area (Å²) in [6.45, 7) is 9.22. The summed E-state index contributed by atoms with van der Waals surface area (Å²) in [7, 11) is 0. The monoisotopic (exact) mass is 338 g/mol. The Bertz CT molecular complexity index is 447. The van der Waals surface area contributed by atoms with Gasteiger partial charge in [0.1, 0.15) is 0 Å². The molecule has 0 bridgehead atoms. The van der Waals surface area contributed by atoms with Gasteiger partial charge in [0.15, 0.2) is 0 Å². The second-order valence-corrected chi connectivity index (χ2v) is 7.25. The molecular weight excluding hydrogens is 312 g/mol. The van der Waals surface area contributed by atoms with Crippen molar-refractivity contribution in [3.63, 3.8) is 0 Å². The van der Waals surface area contributed by atoms with Crippen LogP contribution in [0.25, 0.3) is 0 Å². The molecule has 0 saturated carbocycles. The average Bonchev–Trinajstić information content (AvgIpc) is 2.43. The van der Waals surface area contributed by atoms with Gasteiger partial charge in [-0.25, -0.2) is 0 Å². The summed E-state index contributed by atoms with van der Waals surface area (Å²) in [5.41, 5.74) is 8.93. The second-order valence-electron chi connectivity index (χ2n) is 6.33. The van der Waals surface area contributed by atoms with Crippen LogP contribution in [0.2, 0.25) is 0 Å². The summed E-state index contributed by atoms with van der Waals surface area (Å²) < 4.78 is 1.16. The smallest absolute Gasteiger partial charge is 0.0410 e. The van der Waals surface area contributed by atoms with E-state index in [1.807, 2.05) is 0 Å². The van der Waals surface area contributed by atoms with Crippen LogP contribution in [0.3, 0.4) is 0 Å². The second kappa shape index (κ2) is 6.95. The van der Waals surface area contributed by atoms with Crippen LogP contribution >= 0.6 is 15.9 Å². The molecule has 1 aromatic rings. The molecule has 2 nitrogen and oxygen atoms in total. The molecule has 20 heavy (non-hydrogen) atoms. The van der Waals surface area contributed by atoms with Crippen LogP contribution in [-0.4, -0.2) is 19.1 Å². The first-order valence-electron chi connectivity index (χ1n) is 7.80. The number of hydrogen-bond donors (Lipinski definition) is 1. The number of benzene rings is 1. The van der Waals surface area contributed by atoms with Gasteiger partial charge in [0.25, 0.3) is 0 Å². The van der Waals surface area contributed by atoms with Crippen LogP contribution in [0.4, 0.5) is 5.69 Å². The predicted molar refractivity (Wildman–Crippen MR) is 91.3 cm³/mol. The zero-order valence-corrected chi connectivity index (χ0v) is 14.5. The van der Waals surface area contributed by atoms with E-state index in [9.17, 15) is 0 Å². The lowest BCUT2D eigenvalue weighted by Gasteiger charge is -2.38. The first kappa shape index (κ1) is 15.8. The average molecular weight is 339 g/mol. The van der Waals surface area contributed by atoms with E-state index in [0.717, 1.165) is 42.2 Å². The van der Waals surface area contributed by atoms with E-state index in [1.54, 1.807) is 0 Å². The highest BCUT2D eigenvalue weighted by Crippen LogP contribution is 2.32. The van der Waals surface area contributed by atoms with Crippen molar-refractivity contribution in [1.29, 1.82) is 0 Å². The van der Waals surface area contributed by atoms with Crippen molar-refractivity contribution in [2.24, 2.45) is 17.6 Å². The standard InChI is InChI=1S/C17H27BrN2/c1-4-16(19)9-14-5-6-15(18)10-17(14)20-8-7-12(2)13(3)11-20/h5-6,10,12-13,16H,4,7-9,11,19H2,1-3H3. The Morgan fingerprint density at radius 3 is 2.75 bits per heavy atom. The van der Waals surface area contributed by atoms with Crippen LogP contribution in [0.5, 0.6) is 0 Å². The molecule has 0 aliphatic carbocycles. The molecule has 0 aromatic heterocycles. The molecule has 3 atom stereocenters. The van der Waals surface area contributed by atoms with Gasteiger partial charge in [0.2, 0.25) is 0 Å². The van der Waals surface area contributed by atoms with Gasteiger partial charge in [0, 0.05) is 29.3 Å². The Morgan fingerprint density at radius 2 is 2.10 bits per heavy atom. The maximum absolute atomic E-state index is 6.16. The molecule has 2 rings (SSSR count). The number of anilines is 1. The zero-order chi connectivity index (χ0) is 14.7. The lowest BCUT2D eigenvalue weighted by Crippen LogP contribution is -2.39. The molecule has 0 amide bonds. The molecule has 3 unspecified atom stereocenters. The van der Waals surface area contributed by atoms with Gasteiger partial charge in [-0.05, 0) is 48.8 Å². The van der Waals surface area contributed by atoms with Gasteiger partial charge in [-0.1, -0.05) is 42.8 Å². The summed E-state index contributed by atoms with van der Waals surface area (Å²) >= 11 is 3.62. The number of halogens is 1. The van der Waals surface area contributed by atoms with E-state index in [4.69, 9.17) is 5.73 Å². The molecule has 0 radical (unpaired) electrons. The Morgan fingerprint density at radius 1 is 1.35 bits per heavy atom. The van der Waals surface area contributed by atoms with Gasteiger partial charge in [-0.2, -0.15) is 0 Å². The van der Waals surface area contributed by atoms with Crippen molar-refractivity contribution in [3.05, 3.63) is 28.2 Å². The predicted octanol–water partition coefficient (Wildman–Crippen LogP) is 4.21. The van der Waals surface area contributed by atoms with Crippen molar-refractivity contribution in [2.75, 3.05) is 18.0 Å². The summed E-state index contributed by atoms with van der Waals surface area (Å²) in [4.78, 5) is 2.55. The Kier molecular flexibility index (Phi) is 5.50. The Balaban J connectivity index is 2.22. The van der Waals surface area contributed by atoms with Crippen molar-refractivity contribution in [1.82, 2.24) is 0 Å². The third kappa shape index (κ3) is 3.76. The quantitative estimate of drug-likeness (QED) is 0.890. The van der Waals surface area contributed by atoms with Gasteiger partial charge < -0.3 is 10.6 Å². The molecule has 112 valence electrons. The van der Waals surface area contributed by atoms with E-state index in [0.29, 0.717) is 0 Å². The molecule has 1 aromatic carbocycles. The minimum absolute atomic E-state index is 0.260. The van der Waals surface area contributed by atoms with Crippen molar-refractivity contribution in [2.45, 2.75) is 46.1 Å². The van der Waals surface area contributed by atoms with Gasteiger partial charge in [-0.3, -0.25) is 0 Å². The Labute approximate surface area is 131 Å². The number of rotatable bonds is 4. The van der Waals surface area contributed by atoms with Crippen molar-refractivity contribution in [3.8, 4) is 0 Å². The van der Waals surface area contributed by atoms with Gasteiger partial charge in [-0.15, -0.1) is 0 Å². The molecule has 1 aliphatic rings. The highest BCUT2D eigenvalue weighted by molar-refractivity contribution is 9.10. The molecular formula is C17H27BrN2. The SMILES string of the molecule is CCC(N)Cc1ccc(Br)cc1N1CCC(C)C(C)C1. The largest absolute Gasteiger partial charge is 0.371 e. The molecule has 1 aliphatic heterocycles. The zero-order valence-electron chi connectivity index (χ0n) is 12.9.